The van der Waals surface area contributed by atoms with E-state index >= 15 is 0 Å². The second kappa shape index (κ2) is 6.48. The maximum Gasteiger partial charge on any atom is 0.411 e. The molecule has 130 valence electrons. The second-order valence-corrected chi connectivity index (χ2v) is 6.02. The van der Waals surface area contributed by atoms with E-state index in [0.717, 1.165) is 28.3 Å². The van der Waals surface area contributed by atoms with Gasteiger partial charge >= 0.3 is 6.09 Å². The Balaban J connectivity index is 1.50. The van der Waals surface area contributed by atoms with Crippen LogP contribution in [-0.2, 0) is 4.74 Å². The highest BCUT2D eigenvalue weighted by atomic mass is 19.1. The van der Waals surface area contributed by atoms with Crippen LogP contribution in [0.5, 0.6) is 0 Å². The van der Waals surface area contributed by atoms with Gasteiger partial charge in [-0.25, -0.2) is 9.18 Å². The first-order valence-electron chi connectivity index (χ1n) is 8.14. The van der Waals surface area contributed by atoms with Gasteiger partial charge in [0.2, 0.25) is 0 Å². The lowest BCUT2D eigenvalue weighted by atomic mass is 9.98. The minimum atomic E-state index is -0.971. The largest absolute Gasteiger partial charge is 0.448 e. The van der Waals surface area contributed by atoms with Crippen LogP contribution in [0.1, 0.15) is 17.0 Å². The first kappa shape index (κ1) is 16.1. The molecule has 0 aliphatic heterocycles. The van der Waals surface area contributed by atoms with Gasteiger partial charge in [-0.05, 0) is 22.3 Å². The average molecular weight is 350 g/mol. The monoisotopic (exact) mass is 350 g/mol. The maximum atomic E-state index is 13.3. The smallest absolute Gasteiger partial charge is 0.411 e. The van der Waals surface area contributed by atoms with Crippen LogP contribution in [0.25, 0.3) is 11.1 Å². The third-order valence-electron chi connectivity index (χ3n) is 4.45. The van der Waals surface area contributed by atoms with Crippen molar-refractivity contribution < 1.29 is 13.9 Å². The van der Waals surface area contributed by atoms with Crippen LogP contribution in [0.3, 0.4) is 0 Å². The molecule has 0 atom stereocenters. The first-order valence-corrected chi connectivity index (χ1v) is 8.14. The summed E-state index contributed by atoms with van der Waals surface area (Å²) >= 11 is 0. The molecule has 0 radical (unpaired) electrons. The average Bonchev–Trinajstić information content (AvgIpc) is 2.97. The predicted molar refractivity (Wildman–Crippen MR) is 95.7 cm³/mol. The standard InChI is InChI=1S/C20H15FN2O3/c21-18-9-12(10-22-19(18)24)23-20(25)26-11-17-15-7-3-1-5-13(15)14-6-2-4-8-16(14)17/h1-10,17H,11H2,(H,22,24)(H,23,25). The fourth-order valence-corrected chi connectivity index (χ4v) is 3.28. The van der Waals surface area contributed by atoms with E-state index in [1.807, 2.05) is 36.4 Å². The Labute approximate surface area is 148 Å². The van der Waals surface area contributed by atoms with E-state index in [2.05, 4.69) is 22.4 Å². The summed E-state index contributed by atoms with van der Waals surface area (Å²) in [7, 11) is 0. The zero-order valence-electron chi connectivity index (χ0n) is 13.7. The van der Waals surface area contributed by atoms with Gasteiger partial charge in [-0.15, -0.1) is 0 Å². The van der Waals surface area contributed by atoms with Gasteiger partial charge in [0.1, 0.15) is 6.61 Å². The van der Waals surface area contributed by atoms with E-state index in [1.54, 1.807) is 0 Å². The fourth-order valence-electron chi connectivity index (χ4n) is 3.28. The lowest BCUT2D eigenvalue weighted by molar-refractivity contribution is 0.158. The number of hydrogen-bond acceptors (Lipinski definition) is 3. The molecule has 4 rings (SSSR count). The van der Waals surface area contributed by atoms with Crippen molar-refractivity contribution in [1.29, 1.82) is 0 Å². The van der Waals surface area contributed by atoms with Crippen LogP contribution in [0.15, 0.2) is 65.6 Å². The number of carbonyl (C=O) groups excluding carboxylic acids is 1. The Morgan fingerprint density at radius 2 is 1.69 bits per heavy atom. The normalized spacial score (nSPS) is 12.3. The Kier molecular flexibility index (Phi) is 4.01. The van der Waals surface area contributed by atoms with Gasteiger partial charge in [-0.2, -0.15) is 0 Å². The van der Waals surface area contributed by atoms with Gasteiger partial charge < -0.3 is 9.72 Å². The van der Waals surface area contributed by atoms with Crippen molar-refractivity contribution >= 4 is 11.8 Å². The molecule has 1 aliphatic rings. The first-order chi connectivity index (χ1) is 12.6. The Morgan fingerprint density at radius 1 is 1.08 bits per heavy atom. The van der Waals surface area contributed by atoms with E-state index in [1.165, 1.54) is 6.20 Å². The summed E-state index contributed by atoms with van der Waals surface area (Å²) in [5.41, 5.74) is 3.77. The van der Waals surface area contributed by atoms with Gasteiger partial charge in [0.15, 0.2) is 5.82 Å². The lowest BCUT2D eigenvalue weighted by Gasteiger charge is -2.14. The number of hydrogen-bond donors (Lipinski definition) is 2. The van der Waals surface area contributed by atoms with Crippen LogP contribution in [-0.4, -0.2) is 17.7 Å². The van der Waals surface area contributed by atoms with Crippen LogP contribution in [0.4, 0.5) is 14.9 Å². The zero-order valence-corrected chi connectivity index (χ0v) is 13.7. The number of nitrogens with one attached hydrogen (secondary N) is 2. The molecular weight excluding hydrogens is 335 g/mol. The number of ether oxygens (including phenoxy) is 1. The topological polar surface area (TPSA) is 71.2 Å². The number of halogens is 1. The van der Waals surface area contributed by atoms with E-state index < -0.39 is 17.5 Å². The second-order valence-electron chi connectivity index (χ2n) is 6.02. The summed E-state index contributed by atoms with van der Waals surface area (Å²) in [6, 6.07) is 17.0. The molecule has 1 aromatic heterocycles. The molecule has 0 saturated carbocycles. The van der Waals surface area contributed by atoms with E-state index in [0.29, 0.717) is 0 Å². The van der Waals surface area contributed by atoms with Crippen LogP contribution >= 0.6 is 0 Å². The van der Waals surface area contributed by atoms with Gasteiger partial charge in [0.05, 0.1) is 5.69 Å². The zero-order chi connectivity index (χ0) is 18.1. The molecule has 1 aliphatic carbocycles. The number of carbonyl (C=O) groups is 1. The van der Waals surface area contributed by atoms with Gasteiger partial charge in [-0.1, -0.05) is 48.5 Å². The van der Waals surface area contributed by atoms with Crippen molar-refractivity contribution in [2.45, 2.75) is 5.92 Å². The molecular formula is C20H15FN2O3. The van der Waals surface area contributed by atoms with Crippen molar-refractivity contribution in [3.05, 3.63) is 88.1 Å². The SMILES string of the molecule is O=C(Nc1c[nH]c(=O)c(F)c1)OCC1c2ccccc2-c2ccccc21. The summed E-state index contributed by atoms with van der Waals surface area (Å²) in [6.07, 6.45) is 0.505. The van der Waals surface area contributed by atoms with Crippen molar-refractivity contribution in [2.24, 2.45) is 0 Å². The predicted octanol–water partition coefficient (Wildman–Crippen LogP) is 3.88. The number of aromatic nitrogens is 1. The molecule has 0 fully saturated rings. The highest BCUT2D eigenvalue weighted by molar-refractivity contribution is 5.84. The van der Waals surface area contributed by atoms with Gasteiger partial charge in [0, 0.05) is 18.2 Å². The Morgan fingerprint density at radius 3 is 2.31 bits per heavy atom. The fraction of sp³-hybridized carbons (Fsp3) is 0.100. The summed E-state index contributed by atoms with van der Waals surface area (Å²) in [5.74, 6) is -1.03. The number of rotatable bonds is 3. The van der Waals surface area contributed by atoms with Gasteiger partial charge in [0.25, 0.3) is 5.56 Å². The van der Waals surface area contributed by atoms with Crippen LogP contribution in [0, 0.1) is 5.82 Å². The minimum Gasteiger partial charge on any atom is -0.448 e. The number of benzene rings is 2. The summed E-state index contributed by atoms with van der Waals surface area (Å²) in [5, 5.41) is 2.41. The highest BCUT2D eigenvalue weighted by Gasteiger charge is 2.28. The molecule has 0 unspecified atom stereocenters. The molecule has 2 N–H and O–H groups in total. The van der Waals surface area contributed by atoms with E-state index in [4.69, 9.17) is 4.74 Å². The number of aromatic amines is 1. The molecule has 26 heavy (non-hydrogen) atoms. The number of pyridine rings is 1. The summed E-state index contributed by atoms with van der Waals surface area (Å²) < 4.78 is 18.6. The third kappa shape index (κ3) is 2.86. The van der Waals surface area contributed by atoms with Crippen molar-refractivity contribution in [3.8, 4) is 11.1 Å². The maximum absolute atomic E-state index is 13.3. The van der Waals surface area contributed by atoms with Crippen molar-refractivity contribution in [3.63, 3.8) is 0 Å². The number of anilines is 1. The van der Waals surface area contributed by atoms with Crippen molar-refractivity contribution in [1.82, 2.24) is 4.98 Å². The molecule has 1 amide bonds. The molecule has 6 heteroatoms. The lowest BCUT2D eigenvalue weighted by Crippen LogP contribution is -2.19. The highest BCUT2D eigenvalue weighted by Crippen LogP contribution is 2.44. The Bertz CT molecular complexity index is 999. The van der Waals surface area contributed by atoms with Crippen LogP contribution in [0.2, 0.25) is 0 Å². The molecule has 1 heterocycles. The number of fused-ring (bicyclic) bond motifs is 3. The number of amides is 1. The molecule has 2 aromatic carbocycles. The van der Waals surface area contributed by atoms with E-state index in [9.17, 15) is 14.0 Å². The molecule has 0 bridgehead atoms. The summed E-state index contributed by atoms with van der Waals surface area (Å²) in [4.78, 5) is 25.3. The molecule has 3 aromatic rings. The quantitative estimate of drug-likeness (QED) is 0.753. The number of H-pyrrole nitrogens is 1. The Hall–Kier alpha value is -3.41. The van der Waals surface area contributed by atoms with Crippen LogP contribution < -0.4 is 10.9 Å². The van der Waals surface area contributed by atoms with E-state index in [-0.39, 0.29) is 18.2 Å². The molecule has 5 nitrogen and oxygen atoms in total. The molecule has 0 saturated heterocycles. The minimum absolute atomic E-state index is 0.0551. The van der Waals surface area contributed by atoms with Crippen molar-refractivity contribution in [2.75, 3.05) is 11.9 Å². The molecule has 0 spiro atoms. The van der Waals surface area contributed by atoms with Gasteiger partial charge in [-0.3, -0.25) is 10.1 Å². The third-order valence-corrected chi connectivity index (χ3v) is 4.45. The summed E-state index contributed by atoms with van der Waals surface area (Å²) in [6.45, 7) is 0.158.